The number of carbonyl (C=O) groups is 1. The lowest BCUT2D eigenvalue weighted by Crippen LogP contribution is -2.14. The van der Waals surface area contributed by atoms with Crippen LogP contribution in [-0.4, -0.2) is 15.7 Å². The average molecular weight is 241 g/mol. The van der Waals surface area contributed by atoms with Gasteiger partial charge in [-0.2, -0.15) is 5.10 Å². The van der Waals surface area contributed by atoms with Crippen LogP contribution in [0, 0.1) is 0 Å². The highest BCUT2D eigenvalue weighted by molar-refractivity contribution is 6.04. The van der Waals surface area contributed by atoms with E-state index in [0.717, 1.165) is 18.4 Å². The molecule has 1 heterocycles. The lowest BCUT2D eigenvalue weighted by atomic mass is 10.1. The van der Waals surface area contributed by atoms with Crippen LogP contribution < -0.4 is 5.32 Å². The molecule has 1 aliphatic carbocycles. The number of hydrogen-bond donors (Lipinski definition) is 1. The number of aromatic nitrogens is 2. The second kappa shape index (κ2) is 4.29. The minimum atomic E-state index is -0.0756. The van der Waals surface area contributed by atoms with Crippen molar-refractivity contribution in [3.63, 3.8) is 0 Å². The lowest BCUT2D eigenvalue weighted by molar-refractivity contribution is 0.102. The third kappa shape index (κ3) is 1.90. The predicted molar refractivity (Wildman–Crippen MR) is 69.6 cm³/mol. The zero-order chi connectivity index (χ0) is 12.5. The molecule has 18 heavy (non-hydrogen) atoms. The Kier molecular flexibility index (Phi) is 2.63. The summed E-state index contributed by atoms with van der Waals surface area (Å²) in [5.41, 5.74) is 3.41. The van der Waals surface area contributed by atoms with E-state index in [9.17, 15) is 4.79 Å². The van der Waals surface area contributed by atoms with Crippen LogP contribution in [0.4, 0.5) is 5.82 Å². The van der Waals surface area contributed by atoms with Gasteiger partial charge in [0.05, 0.1) is 6.20 Å². The van der Waals surface area contributed by atoms with Gasteiger partial charge < -0.3 is 5.32 Å². The topological polar surface area (TPSA) is 46.9 Å². The van der Waals surface area contributed by atoms with Gasteiger partial charge in [-0.25, -0.2) is 0 Å². The van der Waals surface area contributed by atoms with Crippen molar-refractivity contribution in [2.24, 2.45) is 7.05 Å². The smallest absolute Gasteiger partial charge is 0.256 e. The highest BCUT2D eigenvalue weighted by Crippen LogP contribution is 2.23. The number of aryl methyl sites for hydroxylation is 3. The highest BCUT2D eigenvalue weighted by atomic mass is 16.1. The van der Waals surface area contributed by atoms with Gasteiger partial charge in [0.1, 0.15) is 5.82 Å². The van der Waals surface area contributed by atoms with Gasteiger partial charge >= 0.3 is 0 Å². The number of fused-ring (bicyclic) bond motifs is 1. The molecule has 0 radical (unpaired) electrons. The van der Waals surface area contributed by atoms with Crippen LogP contribution in [0.2, 0.25) is 0 Å². The molecule has 1 aromatic carbocycles. The van der Waals surface area contributed by atoms with E-state index >= 15 is 0 Å². The lowest BCUT2D eigenvalue weighted by Gasteiger charge is -2.07. The molecule has 1 aromatic heterocycles. The summed E-state index contributed by atoms with van der Waals surface area (Å²) in [5.74, 6) is 0.633. The molecule has 0 atom stereocenters. The zero-order valence-electron chi connectivity index (χ0n) is 10.3. The molecule has 1 amide bonds. The Bertz CT molecular complexity index is 601. The number of nitrogens with one attached hydrogen (secondary N) is 1. The molecule has 2 aromatic rings. The Hall–Kier alpha value is -2.10. The van der Waals surface area contributed by atoms with Gasteiger partial charge in [0.15, 0.2) is 0 Å². The molecule has 0 aliphatic heterocycles. The van der Waals surface area contributed by atoms with E-state index in [-0.39, 0.29) is 5.91 Å². The summed E-state index contributed by atoms with van der Waals surface area (Å²) in [7, 11) is 1.80. The summed E-state index contributed by atoms with van der Waals surface area (Å²) in [5, 5.41) is 6.88. The van der Waals surface area contributed by atoms with Crippen LogP contribution in [0.1, 0.15) is 27.9 Å². The quantitative estimate of drug-likeness (QED) is 0.875. The van der Waals surface area contributed by atoms with E-state index in [2.05, 4.69) is 16.5 Å². The van der Waals surface area contributed by atoms with Crippen molar-refractivity contribution in [3.05, 3.63) is 47.2 Å². The SMILES string of the molecule is Cn1nccc1NC(=O)c1ccc2c(c1)CCC2. The van der Waals surface area contributed by atoms with Gasteiger partial charge in [0, 0.05) is 18.7 Å². The van der Waals surface area contributed by atoms with Gasteiger partial charge in [-0.3, -0.25) is 9.48 Å². The zero-order valence-corrected chi connectivity index (χ0v) is 10.3. The molecule has 1 aliphatic rings. The Morgan fingerprint density at radius 2 is 2.11 bits per heavy atom. The molecule has 0 spiro atoms. The standard InChI is InChI=1S/C14H15N3O/c1-17-13(7-8-15-17)16-14(18)12-6-5-10-3-2-4-11(10)9-12/h5-9H,2-4H2,1H3,(H,16,18). The van der Waals surface area contributed by atoms with Crippen molar-refractivity contribution < 1.29 is 4.79 Å². The summed E-state index contributed by atoms with van der Waals surface area (Å²) in [6, 6.07) is 7.76. The van der Waals surface area contributed by atoms with Crippen molar-refractivity contribution in [1.82, 2.24) is 9.78 Å². The third-order valence-electron chi connectivity index (χ3n) is 3.42. The third-order valence-corrected chi connectivity index (χ3v) is 3.42. The number of nitrogens with zero attached hydrogens (tertiary/aromatic N) is 2. The summed E-state index contributed by atoms with van der Waals surface area (Å²) in [6.45, 7) is 0. The summed E-state index contributed by atoms with van der Waals surface area (Å²) in [4.78, 5) is 12.1. The van der Waals surface area contributed by atoms with Gasteiger partial charge in [-0.15, -0.1) is 0 Å². The monoisotopic (exact) mass is 241 g/mol. The van der Waals surface area contributed by atoms with Crippen LogP contribution in [0.3, 0.4) is 0 Å². The Morgan fingerprint density at radius 1 is 1.28 bits per heavy atom. The summed E-state index contributed by atoms with van der Waals surface area (Å²) in [6.07, 6.45) is 5.08. The highest BCUT2D eigenvalue weighted by Gasteiger charge is 2.14. The summed E-state index contributed by atoms with van der Waals surface area (Å²) < 4.78 is 1.64. The molecule has 3 rings (SSSR count). The average Bonchev–Trinajstić information content (AvgIpc) is 2.98. The van der Waals surface area contributed by atoms with E-state index in [1.807, 2.05) is 12.1 Å². The Balaban J connectivity index is 1.83. The number of rotatable bonds is 2. The van der Waals surface area contributed by atoms with E-state index in [1.54, 1.807) is 24.0 Å². The van der Waals surface area contributed by atoms with Crippen LogP contribution in [0.5, 0.6) is 0 Å². The van der Waals surface area contributed by atoms with E-state index < -0.39 is 0 Å². The fourth-order valence-corrected chi connectivity index (χ4v) is 2.40. The van der Waals surface area contributed by atoms with Crippen LogP contribution in [0.25, 0.3) is 0 Å². The van der Waals surface area contributed by atoms with E-state index in [0.29, 0.717) is 5.82 Å². The first kappa shape index (κ1) is 11.0. The molecule has 4 heteroatoms. The van der Waals surface area contributed by atoms with Crippen LogP contribution in [0.15, 0.2) is 30.5 Å². The van der Waals surface area contributed by atoms with Gasteiger partial charge in [-0.1, -0.05) is 6.07 Å². The number of benzene rings is 1. The first-order valence-electron chi connectivity index (χ1n) is 6.15. The summed E-state index contributed by atoms with van der Waals surface area (Å²) >= 11 is 0. The fourth-order valence-electron chi connectivity index (χ4n) is 2.40. The molecule has 0 saturated carbocycles. The largest absolute Gasteiger partial charge is 0.307 e. The Morgan fingerprint density at radius 3 is 2.89 bits per heavy atom. The second-order valence-electron chi connectivity index (χ2n) is 4.63. The number of carbonyl (C=O) groups excluding carboxylic acids is 1. The van der Waals surface area contributed by atoms with Crippen molar-refractivity contribution in [3.8, 4) is 0 Å². The number of hydrogen-bond acceptors (Lipinski definition) is 2. The maximum Gasteiger partial charge on any atom is 0.256 e. The first-order valence-corrected chi connectivity index (χ1v) is 6.15. The van der Waals surface area contributed by atoms with E-state index in [1.165, 1.54) is 17.5 Å². The molecule has 0 bridgehead atoms. The van der Waals surface area contributed by atoms with Crippen LogP contribution in [-0.2, 0) is 19.9 Å². The maximum absolute atomic E-state index is 12.1. The van der Waals surface area contributed by atoms with Crippen molar-refractivity contribution in [2.45, 2.75) is 19.3 Å². The molecule has 0 fully saturated rings. The van der Waals surface area contributed by atoms with E-state index in [4.69, 9.17) is 0 Å². The minimum absolute atomic E-state index is 0.0756. The van der Waals surface area contributed by atoms with Crippen molar-refractivity contribution in [2.75, 3.05) is 5.32 Å². The molecule has 0 saturated heterocycles. The molecular formula is C14H15N3O. The molecule has 1 N–H and O–H groups in total. The molecule has 92 valence electrons. The molecular weight excluding hydrogens is 226 g/mol. The fraction of sp³-hybridized carbons (Fsp3) is 0.286. The second-order valence-corrected chi connectivity index (χ2v) is 4.63. The van der Waals surface area contributed by atoms with Gasteiger partial charge in [-0.05, 0) is 42.5 Å². The normalized spacial score (nSPS) is 13.4. The van der Waals surface area contributed by atoms with Crippen molar-refractivity contribution in [1.29, 1.82) is 0 Å². The number of anilines is 1. The molecule has 0 unspecified atom stereocenters. The van der Waals surface area contributed by atoms with Crippen molar-refractivity contribution >= 4 is 11.7 Å². The molecule has 4 nitrogen and oxygen atoms in total. The Labute approximate surface area is 106 Å². The maximum atomic E-state index is 12.1. The minimum Gasteiger partial charge on any atom is -0.307 e. The van der Waals surface area contributed by atoms with Gasteiger partial charge in [0.2, 0.25) is 0 Å². The number of amides is 1. The van der Waals surface area contributed by atoms with Gasteiger partial charge in [0.25, 0.3) is 5.91 Å². The van der Waals surface area contributed by atoms with Crippen LogP contribution >= 0.6 is 0 Å². The first-order chi connectivity index (χ1) is 8.74. The predicted octanol–water partition coefficient (Wildman–Crippen LogP) is 2.16.